The number of rotatable bonds is 3. The van der Waals surface area contributed by atoms with Gasteiger partial charge in [0.25, 0.3) is 5.91 Å². The lowest BCUT2D eigenvalue weighted by Gasteiger charge is -2.25. The van der Waals surface area contributed by atoms with Crippen molar-refractivity contribution in [1.29, 1.82) is 0 Å². The molecule has 1 saturated heterocycles. The number of hydrogen-bond acceptors (Lipinski definition) is 3. The minimum Gasteiger partial charge on any atom is -0.377 e. The molecule has 0 atom stereocenters. The third kappa shape index (κ3) is 2.15. The average molecular weight is 300 g/mol. The van der Waals surface area contributed by atoms with Gasteiger partial charge in [-0.25, -0.2) is 4.39 Å². The number of fused-ring (bicyclic) bond motifs is 1. The minimum atomic E-state index is -0.345. The van der Waals surface area contributed by atoms with E-state index in [4.69, 9.17) is 4.74 Å². The Balaban J connectivity index is 1.56. The molecule has 112 valence electrons. The van der Waals surface area contributed by atoms with Gasteiger partial charge < -0.3 is 15.0 Å². The van der Waals surface area contributed by atoms with Crippen LogP contribution in [0, 0.1) is 5.82 Å². The Labute approximate surface area is 124 Å². The van der Waals surface area contributed by atoms with Crippen LogP contribution in [-0.4, -0.2) is 33.9 Å². The van der Waals surface area contributed by atoms with Crippen LogP contribution in [0.15, 0.2) is 36.7 Å². The topological polar surface area (TPSA) is 71.9 Å². The second kappa shape index (κ2) is 4.96. The third-order valence-corrected chi connectivity index (χ3v) is 3.73. The number of amides is 1. The summed E-state index contributed by atoms with van der Waals surface area (Å²) in [7, 11) is 0. The van der Waals surface area contributed by atoms with Gasteiger partial charge in [0.05, 0.1) is 24.8 Å². The number of halogens is 1. The van der Waals surface area contributed by atoms with Crippen molar-refractivity contribution < 1.29 is 13.9 Å². The van der Waals surface area contributed by atoms with Crippen LogP contribution in [0.1, 0.15) is 16.4 Å². The average Bonchev–Trinajstić information content (AvgIpc) is 3.03. The van der Waals surface area contributed by atoms with Crippen LogP contribution in [0.3, 0.4) is 0 Å². The summed E-state index contributed by atoms with van der Waals surface area (Å²) in [5.74, 6) is -0.149. The van der Waals surface area contributed by atoms with E-state index < -0.39 is 0 Å². The maximum absolute atomic E-state index is 13.2. The molecule has 22 heavy (non-hydrogen) atoms. The molecule has 0 unspecified atom stereocenters. The van der Waals surface area contributed by atoms with Crippen LogP contribution in [-0.2, 0) is 4.74 Å². The molecular formula is C15H13FN4O2. The molecule has 1 aromatic carbocycles. The predicted molar refractivity (Wildman–Crippen MR) is 78.3 cm³/mol. The Bertz CT molecular complexity index is 850. The molecule has 0 spiro atoms. The standard InChI is InChI=1S/C15H13FN4O2/c16-9-1-2-11-12(6-17-13(11)5-9)15(21)18-14-3-4-20(19-14)10-7-22-8-10/h1-6,10,17H,7-8H2,(H,18,19,21). The Kier molecular flexibility index (Phi) is 2.93. The van der Waals surface area contributed by atoms with Crippen LogP contribution in [0.4, 0.5) is 10.2 Å². The SMILES string of the molecule is O=C(Nc1ccn(C2COC2)n1)c1c[nH]c2cc(F)ccc12. The lowest BCUT2D eigenvalue weighted by molar-refractivity contribution is -0.0285. The number of carbonyl (C=O) groups is 1. The molecule has 0 bridgehead atoms. The zero-order valence-electron chi connectivity index (χ0n) is 11.5. The first kappa shape index (κ1) is 13.0. The van der Waals surface area contributed by atoms with E-state index in [1.807, 2.05) is 6.20 Å². The van der Waals surface area contributed by atoms with E-state index in [1.165, 1.54) is 12.1 Å². The Morgan fingerprint density at radius 2 is 2.27 bits per heavy atom. The van der Waals surface area contributed by atoms with Gasteiger partial charge >= 0.3 is 0 Å². The van der Waals surface area contributed by atoms with Crippen LogP contribution < -0.4 is 5.32 Å². The zero-order valence-corrected chi connectivity index (χ0v) is 11.5. The summed E-state index contributed by atoms with van der Waals surface area (Å²) in [5.41, 5.74) is 1.04. The highest BCUT2D eigenvalue weighted by Gasteiger charge is 2.21. The molecule has 1 fully saturated rings. The van der Waals surface area contributed by atoms with Crippen molar-refractivity contribution in [1.82, 2.24) is 14.8 Å². The molecule has 2 N–H and O–H groups in total. The van der Waals surface area contributed by atoms with E-state index >= 15 is 0 Å². The van der Waals surface area contributed by atoms with Crippen LogP contribution in [0.5, 0.6) is 0 Å². The molecule has 6 nitrogen and oxygen atoms in total. The van der Waals surface area contributed by atoms with Crippen LogP contribution in [0.2, 0.25) is 0 Å². The second-order valence-corrected chi connectivity index (χ2v) is 5.22. The molecule has 0 saturated carbocycles. The van der Waals surface area contributed by atoms with E-state index in [0.717, 1.165) is 0 Å². The third-order valence-electron chi connectivity index (χ3n) is 3.73. The zero-order chi connectivity index (χ0) is 15.1. The minimum absolute atomic E-state index is 0.238. The predicted octanol–water partition coefficient (Wildman–Crippen LogP) is 2.33. The Morgan fingerprint density at radius 1 is 1.41 bits per heavy atom. The van der Waals surface area contributed by atoms with Crippen molar-refractivity contribution in [3.8, 4) is 0 Å². The molecule has 0 radical (unpaired) electrons. The van der Waals surface area contributed by atoms with Gasteiger partial charge in [-0.15, -0.1) is 0 Å². The first-order valence-corrected chi connectivity index (χ1v) is 6.91. The van der Waals surface area contributed by atoms with Gasteiger partial charge in [-0.1, -0.05) is 0 Å². The van der Waals surface area contributed by atoms with Crippen LogP contribution in [0.25, 0.3) is 10.9 Å². The number of benzene rings is 1. The fourth-order valence-corrected chi connectivity index (χ4v) is 2.45. The Hall–Kier alpha value is -2.67. The molecule has 1 amide bonds. The number of H-pyrrole nitrogens is 1. The lowest BCUT2D eigenvalue weighted by atomic mass is 10.1. The van der Waals surface area contributed by atoms with Crippen molar-refractivity contribution >= 4 is 22.6 Å². The fourth-order valence-electron chi connectivity index (χ4n) is 2.45. The summed E-state index contributed by atoms with van der Waals surface area (Å²) in [4.78, 5) is 15.2. The highest BCUT2D eigenvalue weighted by Crippen LogP contribution is 2.21. The summed E-state index contributed by atoms with van der Waals surface area (Å²) in [6.07, 6.45) is 3.38. The molecular weight excluding hydrogens is 287 g/mol. The van der Waals surface area contributed by atoms with Crippen molar-refractivity contribution in [3.05, 3.63) is 48.0 Å². The second-order valence-electron chi connectivity index (χ2n) is 5.22. The van der Waals surface area contributed by atoms with Crippen molar-refractivity contribution in [2.24, 2.45) is 0 Å². The van der Waals surface area contributed by atoms with E-state index in [9.17, 15) is 9.18 Å². The number of nitrogens with zero attached hydrogens (tertiary/aromatic N) is 2. The van der Waals surface area contributed by atoms with Gasteiger partial charge in [0, 0.05) is 29.4 Å². The summed E-state index contributed by atoms with van der Waals surface area (Å²) >= 11 is 0. The van der Waals surface area contributed by atoms with E-state index in [0.29, 0.717) is 35.5 Å². The number of aromatic nitrogens is 3. The quantitative estimate of drug-likeness (QED) is 0.780. The lowest BCUT2D eigenvalue weighted by Crippen LogP contribution is -2.31. The van der Waals surface area contributed by atoms with E-state index in [-0.39, 0.29) is 17.8 Å². The number of nitrogens with one attached hydrogen (secondary N) is 2. The maximum Gasteiger partial charge on any atom is 0.259 e. The van der Waals surface area contributed by atoms with Gasteiger partial charge in [0.1, 0.15) is 5.82 Å². The number of aromatic amines is 1. The molecule has 3 heterocycles. The van der Waals surface area contributed by atoms with E-state index in [2.05, 4.69) is 15.4 Å². The van der Waals surface area contributed by atoms with Crippen molar-refractivity contribution in [2.75, 3.05) is 18.5 Å². The Morgan fingerprint density at radius 3 is 3.05 bits per heavy atom. The summed E-state index contributed by atoms with van der Waals surface area (Å²) in [5, 5.41) is 7.73. The summed E-state index contributed by atoms with van der Waals surface area (Å²) in [6.45, 7) is 1.28. The monoisotopic (exact) mass is 300 g/mol. The molecule has 4 rings (SSSR count). The fraction of sp³-hybridized carbons (Fsp3) is 0.200. The maximum atomic E-state index is 13.2. The number of hydrogen-bond donors (Lipinski definition) is 2. The van der Waals surface area contributed by atoms with Crippen molar-refractivity contribution in [3.63, 3.8) is 0 Å². The summed E-state index contributed by atoms with van der Waals surface area (Å²) in [6, 6.07) is 6.25. The van der Waals surface area contributed by atoms with E-state index in [1.54, 1.807) is 23.0 Å². The normalized spacial score (nSPS) is 15.0. The smallest absolute Gasteiger partial charge is 0.259 e. The molecule has 1 aliphatic rings. The molecule has 3 aromatic rings. The van der Waals surface area contributed by atoms with Crippen LogP contribution >= 0.6 is 0 Å². The first-order chi connectivity index (χ1) is 10.7. The van der Waals surface area contributed by atoms with Gasteiger partial charge in [-0.05, 0) is 18.2 Å². The van der Waals surface area contributed by atoms with Gasteiger partial charge in [-0.3, -0.25) is 9.48 Å². The largest absolute Gasteiger partial charge is 0.377 e. The van der Waals surface area contributed by atoms with Gasteiger partial charge in [0.2, 0.25) is 0 Å². The van der Waals surface area contributed by atoms with Gasteiger partial charge in [-0.2, -0.15) is 5.10 Å². The highest BCUT2D eigenvalue weighted by molar-refractivity contribution is 6.12. The van der Waals surface area contributed by atoms with Crippen molar-refractivity contribution in [2.45, 2.75) is 6.04 Å². The highest BCUT2D eigenvalue weighted by atomic mass is 19.1. The number of ether oxygens (including phenoxy) is 1. The number of carbonyl (C=O) groups excluding carboxylic acids is 1. The number of anilines is 1. The molecule has 7 heteroatoms. The molecule has 0 aliphatic carbocycles. The first-order valence-electron chi connectivity index (χ1n) is 6.91. The summed E-state index contributed by atoms with van der Waals surface area (Å²) < 4.78 is 20.1. The van der Waals surface area contributed by atoms with Gasteiger partial charge in [0.15, 0.2) is 5.82 Å². The molecule has 2 aromatic heterocycles. The molecule has 1 aliphatic heterocycles.